The summed E-state index contributed by atoms with van der Waals surface area (Å²) in [6, 6.07) is 0. The van der Waals surface area contributed by atoms with Gasteiger partial charge in [0.15, 0.2) is 0 Å². The van der Waals surface area contributed by atoms with Crippen molar-refractivity contribution in [1.29, 1.82) is 0 Å². The first-order valence-corrected chi connectivity index (χ1v) is 0. The van der Waals surface area contributed by atoms with Gasteiger partial charge in [0.1, 0.15) is 0 Å². The van der Waals surface area contributed by atoms with E-state index in [0.29, 0.717) is 0 Å². The molecule has 0 aromatic heterocycles. The summed E-state index contributed by atoms with van der Waals surface area (Å²) >= 11 is 0. The van der Waals surface area contributed by atoms with Gasteiger partial charge in [0.25, 0.3) is 0 Å². The van der Waals surface area contributed by atoms with Crippen molar-refractivity contribution in [1.82, 2.24) is 0 Å². The van der Waals surface area contributed by atoms with Crippen LogP contribution < -0.4 is 0 Å². The van der Waals surface area contributed by atoms with E-state index in [2.05, 4.69) is 0 Å². The van der Waals surface area contributed by atoms with E-state index in [1.165, 1.54) is 0 Å². The number of rotatable bonds is 0. The monoisotopic (exact) mass is 320 g/mol. The minimum atomic E-state index is 0. The molecule has 0 nitrogen and oxygen atoms in total. The minimum Gasteiger partial charge on any atom is -0.114 e. The summed E-state index contributed by atoms with van der Waals surface area (Å²) in [6.07, 6.45) is 0. The Morgan fingerprint density at radius 1 is 0.167 bits per heavy atom. The lowest BCUT2D eigenvalue weighted by Crippen LogP contribution is 0.143. The topological polar surface area (TPSA) is 0 Å². The Balaban J connectivity index is 0. The molecule has 0 aromatic carbocycles. The van der Waals surface area contributed by atoms with Crippen molar-refractivity contribution in [3.63, 3.8) is 0 Å². The number of hydrogen-bond acceptors (Lipinski definition) is 0. The Morgan fingerprint density at radius 3 is 0.167 bits per heavy atom. The number of halogens is 2. The molecule has 0 aliphatic heterocycles. The fourth-order valence-corrected chi connectivity index (χ4v) is 0. The minimum absolute atomic E-state index is 0. The molecule has 0 N–H and O–H groups in total. The highest BCUT2D eigenvalue weighted by molar-refractivity contribution is 8.93. The van der Waals surface area contributed by atoms with Crippen molar-refractivity contribution < 1.29 is 0 Å². The van der Waals surface area contributed by atoms with Gasteiger partial charge in [0.05, 0.1) is 0 Å². The van der Waals surface area contributed by atoms with Gasteiger partial charge >= 0.3 is 0 Å². The average Bonchev–Trinajstić information content (AvgIpc) is 0. The van der Waals surface area contributed by atoms with Crippen molar-refractivity contribution >= 4 is 34.0 Å². The van der Waals surface area contributed by atoms with Crippen LogP contribution in [0.3, 0.4) is 0 Å². The van der Waals surface area contributed by atoms with Gasteiger partial charge in [-0.1, -0.05) is 74.3 Å². The molecule has 0 aliphatic rings. The van der Waals surface area contributed by atoms with Crippen molar-refractivity contribution in [2.75, 3.05) is 0 Å². The van der Waals surface area contributed by atoms with E-state index < -0.39 is 0 Å². The zero-order chi connectivity index (χ0) is 0. The standard InChI is InChI=1S/10CH4.2BrH/h10*1H4;2*1H. The quantitative estimate of drug-likeness (QED) is 0.432. The summed E-state index contributed by atoms with van der Waals surface area (Å²) in [4.78, 5) is 0. The molecular weight excluding hydrogens is 280 g/mol. The second-order valence-corrected chi connectivity index (χ2v) is 0. The summed E-state index contributed by atoms with van der Waals surface area (Å²) in [5.74, 6) is 0. The lowest BCUT2D eigenvalue weighted by atomic mass is 12.0. The first kappa shape index (κ1) is 2010. The molecule has 0 aliphatic carbocycles. The molecule has 0 heterocycles. The highest BCUT2D eigenvalue weighted by atomic mass is 79.9. The first-order chi connectivity index (χ1) is 0. The number of hydrogen-bond donors (Lipinski definition) is 0. The average molecular weight is 322 g/mol. The van der Waals surface area contributed by atoms with Crippen LogP contribution in [0, 0.1) is 0 Å². The van der Waals surface area contributed by atoms with Crippen molar-refractivity contribution in [3.05, 3.63) is 0 Å². The van der Waals surface area contributed by atoms with Crippen LogP contribution in [0.2, 0.25) is 0 Å². The predicted molar refractivity (Wildman–Crippen MR) is 88.0 cm³/mol. The van der Waals surface area contributed by atoms with Gasteiger partial charge in [-0.15, -0.1) is 34.0 Å². The smallest absolute Gasteiger partial charge is 0.0776 e. The molecule has 0 atom stereocenters. The van der Waals surface area contributed by atoms with E-state index in [-0.39, 0.29) is 108 Å². The Labute approximate surface area is 108 Å². The fraction of sp³-hybridized carbons (Fsp3) is 1.00. The van der Waals surface area contributed by atoms with Gasteiger partial charge in [-0.05, 0) is 0 Å². The van der Waals surface area contributed by atoms with Gasteiger partial charge in [0, 0.05) is 0 Å². The molecule has 0 amide bonds. The third-order valence-electron chi connectivity index (χ3n) is 0. The Bertz CT molecular complexity index is 7.80. The normalized spacial score (nSPS) is 0. The molecular formula is C10H42Br2. The van der Waals surface area contributed by atoms with Crippen LogP contribution in [0.25, 0.3) is 0 Å². The molecule has 0 aromatic rings. The van der Waals surface area contributed by atoms with Crippen LogP contribution in [0.5, 0.6) is 0 Å². The van der Waals surface area contributed by atoms with Gasteiger partial charge < -0.3 is 0 Å². The van der Waals surface area contributed by atoms with Gasteiger partial charge in [-0.3, -0.25) is 0 Å². The highest BCUT2D eigenvalue weighted by Gasteiger charge is -0.0681. The van der Waals surface area contributed by atoms with E-state index in [1.807, 2.05) is 0 Å². The van der Waals surface area contributed by atoms with Crippen LogP contribution >= 0.6 is 34.0 Å². The van der Waals surface area contributed by atoms with E-state index in [1.54, 1.807) is 0 Å². The second kappa shape index (κ2) is 1560. The van der Waals surface area contributed by atoms with Gasteiger partial charge in [-0.25, -0.2) is 0 Å². The molecule has 0 bridgehead atoms. The molecule has 12 heavy (non-hydrogen) atoms. The van der Waals surface area contributed by atoms with Crippen LogP contribution in [-0.4, -0.2) is 0 Å². The fourth-order valence-electron chi connectivity index (χ4n) is 0. The zero-order valence-corrected chi connectivity index (χ0v) is 4.24. The first-order valence-electron chi connectivity index (χ1n) is 0. The lowest BCUT2D eigenvalue weighted by molar-refractivity contribution is 2.50. The predicted octanol–water partition coefficient (Wildman–Crippen LogP) is 7.52. The molecule has 0 saturated carbocycles. The van der Waals surface area contributed by atoms with Gasteiger partial charge in [0.2, 0.25) is 0 Å². The lowest BCUT2D eigenvalue weighted by Gasteiger charge is -0.115. The Hall–Kier alpha value is 0.960. The third-order valence-corrected chi connectivity index (χ3v) is 0. The maximum absolute atomic E-state index is 0. The van der Waals surface area contributed by atoms with Crippen LogP contribution in [-0.2, 0) is 0 Å². The molecule has 0 rings (SSSR count). The Kier molecular flexibility index (Phi) is 261000. The SMILES string of the molecule is Br.Br.C.C.C.C.C.C.C.C.C.C. The van der Waals surface area contributed by atoms with Crippen molar-refractivity contribution in [2.24, 2.45) is 0 Å². The summed E-state index contributed by atoms with van der Waals surface area (Å²) in [5, 5.41) is 0. The molecule has 0 radical (unpaired) electrons. The summed E-state index contributed by atoms with van der Waals surface area (Å²) < 4.78 is 0. The summed E-state index contributed by atoms with van der Waals surface area (Å²) in [7, 11) is 0. The second-order valence-electron chi connectivity index (χ2n) is 0. The van der Waals surface area contributed by atoms with Gasteiger partial charge in [-0.2, -0.15) is 0 Å². The van der Waals surface area contributed by atoms with E-state index in [0.717, 1.165) is 0 Å². The van der Waals surface area contributed by atoms with E-state index in [9.17, 15) is 0 Å². The molecule has 0 saturated heterocycles. The van der Waals surface area contributed by atoms with Crippen LogP contribution in [0.4, 0.5) is 0 Å². The van der Waals surface area contributed by atoms with Crippen LogP contribution in [0.15, 0.2) is 0 Å². The van der Waals surface area contributed by atoms with E-state index >= 15 is 0 Å². The van der Waals surface area contributed by atoms with E-state index in [4.69, 9.17) is 0 Å². The largest absolute Gasteiger partial charge is 0.114 e. The molecule has 0 fully saturated rings. The van der Waals surface area contributed by atoms with Crippen LogP contribution in [0.1, 0.15) is 74.3 Å². The maximum atomic E-state index is 0. The molecule has 0 spiro atoms. The molecule has 96 valence electrons. The third kappa shape index (κ3) is 1180. The van der Waals surface area contributed by atoms with Crippen molar-refractivity contribution in [3.8, 4) is 0 Å². The Morgan fingerprint density at radius 2 is 0.167 bits per heavy atom. The summed E-state index contributed by atoms with van der Waals surface area (Å²) in [6.45, 7) is 0. The molecule has 0 unspecified atom stereocenters. The summed E-state index contributed by atoms with van der Waals surface area (Å²) in [5.41, 5.74) is 0. The van der Waals surface area contributed by atoms with Crippen molar-refractivity contribution in [2.45, 2.75) is 74.3 Å². The highest BCUT2D eigenvalue weighted by Crippen LogP contribution is 0.847. The molecule has 2 heteroatoms. The zero-order valence-electron chi connectivity index (χ0n) is 0.816. The maximum Gasteiger partial charge on any atom is -0.0776 e.